The Morgan fingerprint density at radius 1 is 0.885 bits per heavy atom. The molecular formula is C19H25F3N2O2. The van der Waals surface area contributed by atoms with Gasteiger partial charge >= 0.3 is 6.18 Å². The molecule has 1 saturated carbocycles. The van der Waals surface area contributed by atoms with Crippen LogP contribution in [0.3, 0.4) is 0 Å². The number of carbonyl (C=O) groups excluding carboxylic acids is 2. The van der Waals surface area contributed by atoms with Crippen molar-refractivity contribution in [2.24, 2.45) is 11.8 Å². The van der Waals surface area contributed by atoms with Crippen LogP contribution in [-0.4, -0.2) is 17.4 Å². The average Bonchev–Trinajstić information content (AvgIpc) is 2.53. The van der Waals surface area contributed by atoms with Gasteiger partial charge in [0.1, 0.15) is 0 Å². The summed E-state index contributed by atoms with van der Waals surface area (Å²) < 4.78 is 37.7. The first kappa shape index (κ1) is 20.3. The van der Waals surface area contributed by atoms with Gasteiger partial charge in [0.25, 0.3) is 0 Å². The van der Waals surface area contributed by atoms with Crippen LogP contribution in [0.2, 0.25) is 0 Å². The molecule has 0 radical (unpaired) electrons. The second-order valence-electron chi connectivity index (χ2n) is 7.85. The Morgan fingerprint density at radius 3 is 1.77 bits per heavy atom. The minimum atomic E-state index is -4.39. The Labute approximate surface area is 151 Å². The number of anilines is 1. The van der Waals surface area contributed by atoms with E-state index < -0.39 is 11.7 Å². The SMILES string of the molecule is CC(C)(C)NC(=O)C1CCC(C(=O)Nc2ccc(C(F)(F)F)cc2)CC1. The molecule has 2 amide bonds. The van der Waals surface area contributed by atoms with Gasteiger partial charge in [-0.2, -0.15) is 13.2 Å². The number of rotatable bonds is 3. The second kappa shape index (κ2) is 7.68. The maximum absolute atomic E-state index is 12.6. The Bertz CT molecular complexity index is 640. The Kier molecular flexibility index (Phi) is 5.98. The molecule has 1 aliphatic rings. The smallest absolute Gasteiger partial charge is 0.351 e. The summed E-state index contributed by atoms with van der Waals surface area (Å²) in [6, 6.07) is 4.40. The lowest BCUT2D eigenvalue weighted by Gasteiger charge is -2.30. The van der Waals surface area contributed by atoms with Crippen molar-refractivity contribution < 1.29 is 22.8 Å². The highest BCUT2D eigenvalue weighted by Crippen LogP contribution is 2.32. The quantitative estimate of drug-likeness (QED) is 0.830. The van der Waals surface area contributed by atoms with E-state index in [-0.39, 0.29) is 29.2 Å². The summed E-state index contributed by atoms with van der Waals surface area (Å²) in [5.41, 5.74) is -0.690. The van der Waals surface area contributed by atoms with Crippen molar-refractivity contribution in [1.82, 2.24) is 5.32 Å². The molecule has 4 nitrogen and oxygen atoms in total. The molecule has 0 heterocycles. The minimum absolute atomic E-state index is 0.0131. The van der Waals surface area contributed by atoms with Gasteiger partial charge in [0.15, 0.2) is 0 Å². The van der Waals surface area contributed by atoms with Gasteiger partial charge in [-0.05, 0) is 70.7 Å². The van der Waals surface area contributed by atoms with Crippen LogP contribution in [0, 0.1) is 11.8 Å². The summed E-state index contributed by atoms with van der Waals surface area (Å²) in [5.74, 6) is -0.515. The molecule has 0 aliphatic heterocycles. The third-order valence-corrected chi connectivity index (χ3v) is 4.45. The highest BCUT2D eigenvalue weighted by atomic mass is 19.4. The molecule has 2 rings (SSSR count). The van der Waals surface area contributed by atoms with Crippen LogP contribution in [0.1, 0.15) is 52.0 Å². The van der Waals surface area contributed by atoms with Gasteiger partial charge in [-0.25, -0.2) is 0 Å². The number of hydrogen-bond donors (Lipinski definition) is 2. The molecule has 1 fully saturated rings. The minimum Gasteiger partial charge on any atom is -0.351 e. The summed E-state index contributed by atoms with van der Waals surface area (Å²) in [5, 5.41) is 5.62. The molecule has 1 aliphatic carbocycles. The van der Waals surface area contributed by atoms with E-state index in [4.69, 9.17) is 0 Å². The predicted octanol–water partition coefficient (Wildman–Crippen LogP) is 4.37. The molecule has 0 bridgehead atoms. The molecule has 2 N–H and O–H groups in total. The molecular weight excluding hydrogens is 345 g/mol. The Balaban J connectivity index is 1.86. The van der Waals surface area contributed by atoms with Crippen molar-refractivity contribution in [3.05, 3.63) is 29.8 Å². The third-order valence-electron chi connectivity index (χ3n) is 4.45. The van der Waals surface area contributed by atoms with Gasteiger partial charge in [0.05, 0.1) is 5.56 Å². The van der Waals surface area contributed by atoms with Crippen LogP contribution >= 0.6 is 0 Å². The molecule has 144 valence electrons. The van der Waals surface area contributed by atoms with Crippen LogP contribution in [-0.2, 0) is 15.8 Å². The number of carbonyl (C=O) groups is 2. The van der Waals surface area contributed by atoms with E-state index in [2.05, 4.69) is 10.6 Å². The average molecular weight is 370 g/mol. The molecule has 0 saturated heterocycles. The fourth-order valence-corrected chi connectivity index (χ4v) is 3.08. The third kappa shape index (κ3) is 5.75. The predicted molar refractivity (Wildman–Crippen MR) is 93.4 cm³/mol. The number of halogens is 3. The van der Waals surface area contributed by atoms with E-state index in [1.54, 1.807) is 0 Å². The summed E-state index contributed by atoms with van der Waals surface area (Å²) in [4.78, 5) is 24.5. The Hall–Kier alpha value is -2.05. The summed E-state index contributed by atoms with van der Waals surface area (Å²) in [6.07, 6.45) is -1.95. The molecule has 26 heavy (non-hydrogen) atoms. The topological polar surface area (TPSA) is 58.2 Å². The molecule has 1 aromatic rings. The summed E-state index contributed by atoms with van der Waals surface area (Å²) in [7, 11) is 0. The van der Waals surface area contributed by atoms with Crippen LogP contribution in [0.15, 0.2) is 24.3 Å². The van der Waals surface area contributed by atoms with Crippen LogP contribution in [0.25, 0.3) is 0 Å². The first-order chi connectivity index (χ1) is 12.0. The number of alkyl halides is 3. The first-order valence-electron chi connectivity index (χ1n) is 8.76. The lowest BCUT2D eigenvalue weighted by atomic mass is 9.81. The molecule has 0 spiro atoms. The lowest BCUT2D eigenvalue weighted by Crippen LogP contribution is -2.45. The molecule has 7 heteroatoms. The number of nitrogens with one attached hydrogen (secondary N) is 2. The lowest BCUT2D eigenvalue weighted by molar-refractivity contribution is -0.137. The zero-order valence-corrected chi connectivity index (χ0v) is 15.2. The van der Waals surface area contributed by atoms with Gasteiger partial charge < -0.3 is 10.6 Å². The fraction of sp³-hybridized carbons (Fsp3) is 0.579. The van der Waals surface area contributed by atoms with Crippen molar-refractivity contribution >= 4 is 17.5 Å². The van der Waals surface area contributed by atoms with Crippen molar-refractivity contribution in [2.75, 3.05) is 5.32 Å². The van der Waals surface area contributed by atoms with Crippen LogP contribution in [0.5, 0.6) is 0 Å². The summed E-state index contributed by atoms with van der Waals surface area (Å²) in [6.45, 7) is 5.77. The van der Waals surface area contributed by atoms with Crippen molar-refractivity contribution in [3.63, 3.8) is 0 Å². The van der Waals surface area contributed by atoms with Crippen molar-refractivity contribution in [3.8, 4) is 0 Å². The standard InChI is InChI=1S/C19H25F3N2O2/c1-18(2,3)24-17(26)13-6-4-12(5-7-13)16(25)23-15-10-8-14(9-11-15)19(20,21)22/h8-13H,4-7H2,1-3H3,(H,23,25)(H,24,26). The highest BCUT2D eigenvalue weighted by Gasteiger charge is 2.32. The summed E-state index contributed by atoms with van der Waals surface area (Å²) >= 11 is 0. The zero-order chi connectivity index (χ0) is 19.5. The first-order valence-corrected chi connectivity index (χ1v) is 8.76. The maximum atomic E-state index is 12.6. The maximum Gasteiger partial charge on any atom is 0.416 e. The molecule has 0 aromatic heterocycles. The number of hydrogen-bond acceptors (Lipinski definition) is 2. The van der Waals surface area contributed by atoms with Gasteiger partial charge in [-0.1, -0.05) is 0 Å². The largest absolute Gasteiger partial charge is 0.416 e. The second-order valence-corrected chi connectivity index (χ2v) is 7.85. The fourth-order valence-electron chi connectivity index (χ4n) is 3.08. The van der Waals surface area contributed by atoms with Gasteiger partial charge in [0.2, 0.25) is 11.8 Å². The number of benzene rings is 1. The normalized spacial score (nSPS) is 21.2. The molecule has 1 aromatic carbocycles. The van der Waals surface area contributed by atoms with Crippen LogP contribution < -0.4 is 10.6 Å². The highest BCUT2D eigenvalue weighted by molar-refractivity contribution is 5.92. The molecule has 0 atom stereocenters. The van der Waals surface area contributed by atoms with Crippen molar-refractivity contribution in [1.29, 1.82) is 0 Å². The van der Waals surface area contributed by atoms with E-state index in [9.17, 15) is 22.8 Å². The van der Waals surface area contributed by atoms with E-state index in [0.29, 0.717) is 31.4 Å². The van der Waals surface area contributed by atoms with E-state index >= 15 is 0 Å². The van der Waals surface area contributed by atoms with Gasteiger partial charge in [-0.3, -0.25) is 9.59 Å². The molecule has 0 unspecified atom stereocenters. The van der Waals surface area contributed by atoms with E-state index in [1.807, 2.05) is 20.8 Å². The Morgan fingerprint density at radius 2 is 1.35 bits per heavy atom. The van der Waals surface area contributed by atoms with Crippen molar-refractivity contribution in [2.45, 2.75) is 58.2 Å². The number of amides is 2. The van der Waals surface area contributed by atoms with E-state index in [0.717, 1.165) is 12.1 Å². The van der Waals surface area contributed by atoms with Crippen LogP contribution in [0.4, 0.5) is 18.9 Å². The van der Waals surface area contributed by atoms with Gasteiger partial charge in [-0.15, -0.1) is 0 Å². The van der Waals surface area contributed by atoms with E-state index in [1.165, 1.54) is 12.1 Å². The zero-order valence-electron chi connectivity index (χ0n) is 15.2. The van der Waals surface area contributed by atoms with Gasteiger partial charge in [0, 0.05) is 23.1 Å². The monoisotopic (exact) mass is 370 g/mol.